The summed E-state index contributed by atoms with van der Waals surface area (Å²) in [5.41, 5.74) is -0.870. The number of carbonyl (C=O) groups is 2. The molecule has 3 N–H and O–H groups in total. The third kappa shape index (κ3) is 5.47. The molecule has 188 valence electrons. The molecule has 0 fully saturated rings. The van der Waals surface area contributed by atoms with E-state index in [2.05, 4.69) is 0 Å². The van der Waals surface area contributed by atoms with E-state index in [0.29, 0.717) is 0 Å². The molecular weight excluding hydrogens is 511 g/mol. The monoisotopic (exact) mass is 535 g/mol. The van der Waals surface area contributed by atoms with Crippen LogP contribution in [0.5, 0.6) is 0 Å². The molecule has 1 unspecified atom stereocenters. The molecule has 0 radical (unpaired) electrons. The van der Waals surface area contributed by atoms with Crippen molar-refractivity contribution in [1.82, 2.24) is 0 Å². The Morgan fingerprint density at radius 3 is 1.30 bits per heavy atom. The summed E-state index contributed by atoms with van der Waals surface area (Å²) in [6.07, 6.45) is -0.119. The van der Waals surface area contributed by atoms with Crippen molar-refractivity contribution >= 4 is 45.2 Å². The highest BCUT2D eigenvalue weighted by atomic mass is 32.2. The molecule has 4 aromatic rings. The first kappa shape index (κ1) is 26.2. The van der Waals surface area contributed by atoms with Gasteiger partial charge in [-0.05, 0) is 60.2 Å². The number of benzene rings is 4. The summed E-state index contributed by atoms with van der Waals surface area (Å²) in [5, 5.41) is 20.1. The maximum Gasteiger partial charge on any atom is 0.335 e. The van der Waals surface area contributed by atoms with Gasteiger partial charge in [-0.15, -0.1) is 0 Å². The summed E-state index contributed by atoms with van der Waals surface area (Å²) in [5.74, 6) is -2.82. The van der Waals surface area contributed by atoms with Crippen molar-refractivity contribution in [3.63, 3.8) is 0 Å². The van der Waals surface area contributed by atoms with Crippen molar-refractivity contribution in [3.05, 3.63) is 126 Å². The Morgan fingerprint density at radius 1 is 0.649 bits per heavy atom. The standard InChI is InChI=1S/C28H23O7PS/c29-27(30)21-16-20(17-22(18-21)28(31)32)26(37(33,34)35)19-36(23-10-4-1-5-11-23,24-12-6-2-7-13-24)25-14-8-3-9-15-25/h1-18,26H,19H2,(H2-,29,30,31,32,33,34,35)/p+1. The average molecular weight is 536 g/mol. The summed E-state index contributed by atoms with van der Waals surface area (Å²) >= 11 is 0. The van der Waals surface area contributed by atoms with Gasteiger partial charge < -0.3 is 10.2 Å². The summed E-state index contributed by atoms with van der Waals surface area (Å²) in [6, 6.07) is 31.3. The minimum absolute atomic E-state index is 0.105. The van der Waals surface area contributed by atoms with Crippen LogP contribution < -0.4 is 15.9 Å². The first-order valence-electron chi connectivity index (χ1n) is 11.3. The predicted octanol–water partition coefficient (Wildman–Crippen LogP) is 4.01. The van der Waals surface area contributed by atoms with Crippen LogP contribution >= 0.6 is 7.26 Å². The lowest BCUT2D eigenvalue weighted by molar-refractivity contribution is 0.0696. The largest absolute Gasteiger partial charge is 0.478 e. The molecule has 7 nitrogen and oxygen atoms in total. The van der Waals surface area contributed by atoms with Crippen LogP contribution in [0.2, 0.25) is 0 Å². The summed E-state index contributed by atoms with van der Waals surface area (Å²) in [7, 11) is -7.60. The van der Waals surface area contributed by atoms with Crippen molar-refractivity contribution in [1.29, 1.82) is 0 Å². The zero-order valence-electron chi connectivity index (χ0n) is 19.5. The zero-order chi connectivity index (χ0) is 26.6. The van der Waals surface area contributed by atoms with Gasteiger partial charge in [0.1, 0.15) is 28.4 Å². The molecule has 0 heterocycles. The Balaban J connectivity index is 2.05. The van der Waals surface area contributed by atoms with E-state index in [4.69, 9.17) is 0 Å². The number of aromatic carboxylic acids is 2. The normalized spacial score (nSPS) is 12.6. The van der Waals surface area contributed by atoms with Crippen molar-refractivity contribution in [2.75, 3.05) is 6.16 Å². The fraction of sp³-hybridized carbons (Fsp3) is 0.0714. The molecule has 1 atom stereocenters. The molecule has 0 saturated carbocycles. The van der Waals surface area contributed by atoms with Crippen molar-refractivity contribution in [3.8, 4) is 0 Å². The number of hydrogen-bond acceptors (Lipinski definition) is 4. The Hall–Kier alpha value is -3.84. The fourth-order valence-electron chi connectivity index (χ4n) is 4.52. The lowest BCUT2D eigenvalue weighted by Crippen LogP contribution is -2.36. The molecule has 4 aromatic carbocycles. The van der Waals surface area contributed by atoms with E-state index < -0.39 is 34.6 Å². The van der Waals surface area contributed by atoms with E-state index in [1.807, 2.05) is 91.0 Å². The molecule has 0 aromatic heterocycles. The third-order valence-electron chi connectivity index (χ3n) is 6.21. The van der Waals surface area contributed by atoms with Gasteiger partial charge in [0.15, 0.2) is 0 Å². The summed E-state index contributed by atoms with van der Waals surface area (Å²) in [4.78, 5) is 23.5. The van der Waals surface area contributed by atoms with Crippen LogP contribution in [0.25, 0.3) is 0 Å². The minimum Gasteiger partial charge on any atom is -0.478 e. The smallest absolute Gasteiger partial charge is 0.335 e. The van der Waals surface area contributed by atoms with Crippen LogP contribution in [0, 0.1) is 0 Å². The van der Waals surface area contributed by atoms with Gasteiger partial charge >= 0.3 is 11.9 Å². The van der Waals surface area contributed by atoms with Crippen LogP contribution in [-0.2, 0) is 10.1 Å². The van der Waals surface area contributed by atoms with Gasteiger partial charge in [0.2, 0.25) is 0 Å². The van der Waals surface area contributed by atoms with Gasteiger partial charge in [-0.25, -0.2) is 9.59 Å². The van der Waals surface area contributed by atoms with E-state index in [9.17, 15) is 32.8 Å². The van der Waals surface area contributed by atoms with E-state index in [-0.39, 0.29) is 22.9 Å². The number of rotatable bonds is 9. The van der Waals surface area contributed by atoms with Gasteiger partial charge in [-0.2, -0.15) is 8.42 Å². The topological polar surface area (TPSA) is 129 Å². The maximum absolute atomic E-state index is 12.9. The van der Waals surface area contributed by atoms with Crippen LogP contribution in [0.3, 0.4) is 0 Å². The van der Waals surface area contributed by atoms with Crippen LogP contribution in [0.4, 0.5) is 0 Å². The fourth-order valence-corrected chi connectivity index (χ4v) is 10.7. The third-order valence-corrected chi connectivity index (χ3v) is 12.1. The molecule has 0 saturated heterocycles. The molecule has 0 aliphatic carbocycles. The number of carboxylic acid groups (broad SMARTS) is 2. The molecule has 0 aliphatic rings. The lowest BCUT2D eigenvalue weighted by Gasteiger charge is -2.30. The van der Waals surface area contributed by atoms with Gasteiger partial charge in [0.25, 0.3) is 10.1 Å². The Labute approximate surface area is 215 Å². The molecule has 37 heavy (non-hydrogen) atoms. The molecule has 0 spiro atoms. The number of carboxylic acids is 2. The molecule has 4 rings (SSSR count). The second kappa shape index (κ2) is 10.6. The highest BCUT2D eigenvalue weighted by Crippen LogP contribution is 2.58. The Morgan fingerprint density at radius 2 is 1.00 bits per heavy atom. The van der Waals surface area contributed by atoms with Gasteiger partial charge in [-0.3, -0.25) is 4.55 Å². The van der Waals surface area contributed by atoms with Crippen molar-refractivity contribution < 1.29 is 32.8 Å². The van der Waals surface area contributed by atoms with E-state index in [1.54, 1.807) is 0 Å². The second-order valence-electron chi connectivity index (χ2n) is 8.46. The number of hydrogen-bond donors (Lipinski definition) is 3. The molecule has 0 bridgehead atoms. The van der Waals surface area contributed by atoms with Gasteiger partial charge in [0.05, 0.1) is 17.3 Å². The second-order valence-corrected chi connectivity index (χ2v) is 13.6. The highest BCUT2D eigenvalue weighted by molar-refractivity contribution is 7.96. The Kier molecular flexibility index (Phi) is 7.55. The molecule has 9 heteroatoms. The van der Waals surface area contributed by atoms with Crippen molar-refractivity contribution in [2.45, 2.75) is 5.25 Å². The minimum atomic E-state index is -4.82. The van der Waals surface area contributed by atoms with Gasteiger partial charge in [0, 0.05) is 0 Å². The zero-order valence-corrected chi connectivity index (χ0v) is 21.2. The quantitative estimate of drug-likeness (QED) is 0.218. The predicted molar refractivity (Wildman–Crippen MR) is 145 cm³/mol. The highest BCUT2D eigenvalue weighted by Gasteiger charge is 2.50. The summed E-state index contributed by atoms with van der Waals surface area (Å²) in [6.45, 7) is 0. The molecule has 0 amide bonds. The lowest BCUT2D eigenvalue weighted by atomic mass is 10.0. The Bertz CT molecular complexity index is 1390. The average Bonchev–Trinajstić information content (AvgIpc) is 2.90. The maximum atomic E-state index is 12.9. The van der Waals surface area contributed by atoms with Gasteiger partial charge in [-0.1, -0.05) is 54.6 Å². The van der Waals surface area contributed by atoms with Crippen LogP contribution in [-0.4, -0.2) is 41.3 Å². The van der Waals surface area contributed by atoms with Crippen molar-refractivity contribution in [2.24, 2.45) is 0 Å². The molecule has 0 aliphatic heterocycles. The van der Waals surface area contributed by atoms with Crippen LogP contribution in [0.15, 0.2) is 109 Å². The SMILES string of the molecule is O=C(O)c1cc(C(=O)O)cc(C(C[P+](c2ccccc2)(c2ccccc2)c2ccccc2)S(=O)(=O)O)c1. The van der Waals surface area contributed by atoms with E-state index in [1.165, 1.54) is 0 Å². The van der Waals surface area contributed by atoms with E-state index >= 15 is 0 Å². The van der Waals surface area contributed by atoms with E-state index in [0.717, 1.165) is 34.1 Å². The summed E-state index contributed by atoms with van der Waals surface area (Å²) < 4.78 is 36.4. The molecular formula is C28H24O7PS+. The first-order valence-corrected chi connectivity index (χ1v) is 14.7. The van der Waals surface area contributed by atoms with Crippen LogP contribution in [0.1, 0.15) is 31.5 Å². The first-order chi connectivity index (χ1) is 17.6.